The van der Waals surface area contributed by atoms with Crippen LogP contribution in [0.25, 0.3) is 5.65 Å². The Labute approximate surface area is 198 Å². The van der Waals surface area contributed by atoms with E-state index in [4.69, 9.17) is 14.5 Å². The first kappa shape index (κ1) is 22.0. The molecule has 2 fully saturated rings. The normalized spacial score (nSPS) is 22.1. The van der Waals surface area contributed by atoms with Gasteiger partial charge < -0.3 is 9.33 Å². The second-order valence-corrected chi connectivity index (χ2v) is 16.2. The number of hydrogen-bond donors (Lipinski definition) is 0. The molecule has 4 heterocycles. The van der Waals surface area contributed by atoms with Crippen molar-refractivity contribution in [2.75, 3.05) is 11.4 Å². The van der Waals surface area contributed by atoms with Gasteiger partial charge in [0.15, 0.2) is 14.0 Å². The van der Waals surface area contributed by atoms with Gasteiger partial charge >= 0.3 is 0 Å². The molecule has 7 nitrogen and oxygen atoms in total. The highest BCUT2D eigenvalue weighted by molar-refractivity contribution is 9.10. The zero-order valence-corrected chi connectivity index (χ0v) is 22.0. The monoisotopic (exact) mass is 514 g/mol. The number of fused-ring (bicyclic) bond motifs is 1. The fourth-order valence-corrected chi connectivity index (χ4v) is 5.82. The highest BCUT2D eigenvalue weighted by atomic mass is 79.9. The van der Waals surface area contributed by atoms with Crippen LogP contribution in [0.2, 0.25) is 18.1 Å². The van der Waals surface area contributed by atoms with E-state index in [-0.39, 0.29) is 17.2 Å². The summed E-state index contributed by atoms with van der Waals surface area (Å²) in [7, 11) is -1.89. The van der Waals surface area contributed by atoms with E-state index in [0.717, 1.165) is 34.7 Å². The Hall–Kier alpha value is -1.84. The molecule has 9 heteroatoms. The lowest BCUT2D eigenvalue weighted by Gasteiger charge is -2.38. The maximum atomic E-state index is 6.82. The van der Waals surface area contributed by atoms with E-state index in [0.29, 0.717) is 5.92 Å². The summed E-state index contributed by atoms with van der Waals surface area (Å²) < 4.78 is 9.54. The SMILES string of the molecule is CC(C)(C)[Si](C)(C)O[C@H]1C[C@H](c2cn3nc(C4CC4)ccc3n2)N(c2cc(Br)ncn2)C1. The Kier molecular flexibility index (Phi) is 5.41. The van der Waals surface area contributed by atoms with Crippen molar-refractivity contribution in [3.05, 3.63) is 46.7 Å². The highest BCUT2D eigenvalue weighted by Crippen LogP contribution is 2.43. The number of imidazole rings is 1. The third kappa shape index (κ3) is 4.22. The lowest BCUT2D eigenvalue weighted by Crippen LogP contribution is -2.44. The van der Waals surface area contributed by atoms with Gasteiger partial charge in [0.05, 0.1) is 29.7 Å². The van der Waals surface area contributed by atoms with Crippen LogP contribution in [0.5, 0.6) is 0 Å². The number of hydrogen-bond acceptors (Lipinski definition) is 6. The van der Waals surface area contributed by atoms with E-state index in [9.17, 15) is 0 Å². The van der Waals surface area contributed by atoms with Crippen molar-refractivity contribution in [1.82, 2.24) is 24.6 Å². The van der Waals surface area contributed by atoms with Crippen LogP contribution in [0.15, 0.2) is 35.3 Å². The van der Waals surface area contributed by atoms with Crippen LogP contribution in [0.4, 0.5) is 5.82 Å². The lowest BCUT2D eigenvalue weighted by molar-refractivity contribution is 0.198. The molecule has 1 saturated carbocycles. The Balaban J connectivity index is 1.48. The minimum absolute atomic E-state index is 0.0812. The average molecular weight is 516 g/mol. The van der Waals surface area contributed by atoms with Gasteiger partial charge in [-0.2, -0.15) is 5.10 Å². The quantitative estimate of drug-likeness (QED) is 0.330. The number of anilines is 1. The van der Waals surface area contributed by atoms with Crippen molar-refractivity contribution in [1.29, 1.82) is 0 Å². The molecular formula is C23H31BrN6OSi. The standard InChI is InChI=1S/C23H31BrN6OSi/c1-23(2,3)32(4,5)31-16-10-19(29(12-16)22-11-20(24)25-14-26-22)18-13-30-21(27-18)9-8-17(28-30)15-6-7-15/h8-9,11,13-16,19H,6-7,10,12H2,1-5H3/t16-,19+/m0/s1. The van der Waals surface area contributed by atoms with E-state index < -0.39 is 8.32 Å². The molecule has 3 aromatic heterocycles. The summed E-state index contributed by atoms with van der Waals surface area (Å²) in [6.07, 6.45) is 7.19. The third-order valence-corrected chi connectivity index (χ3v) is 12.1. The topological polar surface area (TPSA) is 68.4 Å². The summed E-state index contributed by atoms with van der Waals surface area (Å²) in [6.45, 7) is 12.3. The van der Waals surface area contributed by atoms with Gasteiger partial charge in [-0.25, -0.2) is 19.5 Å². The maximum absolute atomic E-state index is 6.82. The van der Waals surface area contributed by atoms with Crippen LogP contribution in [-0.2, 0) is 4.43 Å². The smallest absolute Gasteiger partial charge is 0.192 e. The van der Waals surface area contributed by atoms with Crippen molar-refractivity contribution in [2.24, 2.45) is 0 Å². The van der Waals surface area contributed by atoms with Crippen molar-refractivity contribution < 1.29 is 4.43 Å². The molecule has 1 aliphatic heterocycles. The van der Waals surface area contributed by atoms with E-state index in [2.05, 4.69) is 83.0 Å². The van der Waals surface area contributed by atoms with Gasteiger partial charge in [-0.3, -0.25) is 0 Å². The van der Waals surface area contributed by atoms with E-state index in [1.807, 2.05) is 10.6 Å². The highest BCUT2D eigenvalue weighted by Gasteiger charge is 2.43. The molecule has 0 unspecified atom stereocenters. The van der Waals surface area contributed by atoms with E-state index in [1.165, 1.54) is 18.5 Å². The van der Waals surface area contributed by atoms with Crippen LogP contribution in [0.3, 0.4) is 0 Å². The molecule has 2 aliphatic rings. The molecule has 2 atom stereocenters. The third-order valence-electron chi connectivity index (χ3n) is 7.14. The van der Waals surface area contributed by atoms with Crippen LogP contribution in [0, 0.1) is 0 Å². The van der Waals surface area contributed by atoms with Gasteiger partial charge in [0.25, 0.3) is 0 Å². The predicted molar refractivity (Wildman–Crippen MR) is 131 cm³/mol. The summed E-state index contributed by atoms with van der Waals surface area (Å²) >= 11 is 3.50. The van der Waals surface area contributed by atoms with Gasteiger partial charge in [-0.05, 0) is 59.0 Å². The largest absolute Gasteiger partial charge is 0.412 e. The van der Waals surface area contributed by atoms with Crippen molar-refractivity contribution in [3.63, 3.8) is 0 Å². The first-order chi connectivity index (χ1) is 15.1. The van der Waals surface area contributed by atoms with Gasteiger partial charge in [0.1, 0.15) is 16.7 Å². The molecule has 0 aromatic carbocycles. The van der Waals surface area contributed by atoms with E-state index >= 15 is 0 Å². The number of aromatic nitrogens is 5. The Morgan fingerprint density at radius 1 is 1.12 bits per heavy atom. The molecule has 0 N–H and O–H groups in total. The Bertz CT molecular complexity index is 1140. The second-order valence-electron chi connectivity index (χ2n) is 10.6. The zero-order chi connectivity index (χ0) is 22.7. The zero-order valence-electron chi connectivity index (χ0n) is 19.4. The lowest BCUT2D eigenvalue weighted by atomic mass is 10.1. The van der Waals surface area contributed by atoms with Gasteiger partial charge in [-0.1, -0.05) is 20.8 Å². The van der Waals surface area contributed by atoms with Crippen molar-refractivity contribution in [3.8, 4) is 0 Å². The first-order valence-corrected chi connectivity index (χ1v) is 15.1. The number of nitrogens with zero attached hydrogens (tertiary/aromatic N) is 6. The second kappa shape index (κ2) is 7.88. The summed E-state index contributed by atoms with van der Waals surface area (Å²) in [4.78, 5) is 16.0. The first-order valence-electron chi connectivity index (χ1n) is 11.4. The van der Waals surface area contributed by atoms with Crippen LogP contribution >= 0.6 is 15.9 Å². The number of rotatable bonds is 5. The van der Waals surface area contributed by atoms with E-state index in [1.54, 1.807) is 6.33 Å². The molecule has 1 saturated heterocycles. The predicted octanol–water partition coefficient (Wildman–Crippen LogP) is 5.50. The molecule has 32 heavy (non-hydrogen) atoms. The minimum Gasteiger partial charge on any atom is -0.412 e. The molecule has 5 rings (SSSR count). The molecule has 0 amide bonds. The fourth-order valence-electron chi connectivity index (χ4n) is 4.16. The van der Waals surface area contributed by atoms with Crippen LogP contribution in [-0.4, -0.2) is 45.5 Å². The summed E-state index contributed by atoms with van der Waals surface area (Å²) in [6, 6.07) is 6.27. The Morgan fingerprint density at radius 3 is 2.59 bits per heavy atom. The Morgan fingerprint density at radius 2 is 1.91 bits per heavy atom. The molecule has 170 valence electrons. The minimum atomic E-state index is -1.89. The van der Waals surface area contributed by atoms with Gasteiger partial charge in [0, 0.05) is 24.9 Å². The molecule has 0 bridgehead atoms. The van der Waals surface area contributed by atoms with Gasteiger partial charge in [0.2, 0.25) is 0 Å². The maximum Gasteiger partial charge on any atom is 0.192 e. The van der Waals surface area contributed by atoms with Gasteiger partial charge in [-0.15, -0.1) is 0 Å². The fraction of sp³-hybridized carbons (Fsp3) is 0.565. The molecule has 3 aromatic rings. The van der Waals surface area contributed by atoms with Crippen molar-refractivity contribution in [2.45, 2.75) is 76.2 Å². The van der Waals surface area contributed by atoms with Crippen molar-refractivity contribution >= 4 is 35.7 Å². The summed E-state index contributed by atoms with van der Waals surface area (Å²) in [5, 5.41) is 5.00. The van der Waals surface area contributed by atoms with Crippen LogP contribution in [0.1, 0.15) is 63.4 Å². The summed E-state index contributed by atoms with van der Waals surface area (Å²) in [5.41, 5.74) is 3.08. The number of halogens is 1. The molecule has 0 spiro atoms. The summed E-state index contributed by atoms with van der Waals surface area (Å²) in [5.74, 6) is 1.51. The molecular weight excluding hydrogens is 484 g/mol. The average Bonchev–Trinajstić information content (AvgIpc) is 3.34. The molecule has 1 aliphatic carbocycles. The van der Waals surface area contributed by atoms with Crippen LogP contribution < -0.4 is 4.90 Å². The molecule has 0 radical (unpaired) electrons.